The van der Waals surface area contributed by atoms with Gasteiger partial charge in [0.05, 0.1) is 0 Å². The van der Waals surface area contributed by atoms with Crippen LogP contribution >= 0.6 is 0 Å². The lowest BCUT2D eigenvalue weighted by Crippen LogP contribution is -2.49. The lowest BCUT2D eigenvalue weighted by molar-refractivity contribution is -0.0605. The van der Waals surface area contributed by atoms with E-state index in [0.717, 1.165) is 12.2 Å². The van der Waals surface area contributed by atoms with Gasteiger partial charge in [0.2, 0.25) is 0 Å². The van der Waals surface area contributed by atoms with Crippen molar-refractivity contribution < 1.29 is 13.9 Å². The van der Waals surface area contributed by atoms with Crippen LogP contribution in [0.25, 0.3) is 0 Å². The van der Waals surface area contributed by atoms with Gasteiger partial charge in [-0.2, -0.15) is 0 Å². The summed E-state index contributed by atoms with van der Waals surface area (Å²) in [6.45, 7) is 5.13. The molecule has 0 fully saturated rings. The molecule has 0 saturated carbocycles. The fraction of sp³-hybridized carbons (Fsp3) is 0.600. The highest BCUT2D eigenvalue weighted by atomic mass is 19.1. The van der Waals surface area contributed by atoms with Crippen LogP contribution < -0.4 is 0 Å². The molecule has 1 nitrogen and oxygen atoms in total. The topological polar surface area (TPSA) is 20.2 Å². The molecule has 2 atom stereocenters. The summed E-state index contributed by atoms with van der Waals surface area (Å²) in [7, 11) is 0. The molecule has 0 aromatic heterocycles. The van der Waals surface area contributed by atoms with Crippen LogP contribution in [0.3, 0.4) is 0 Å². The van der Waals surface area contributed by atoms with Crippen molar-refractivity contribution in [3.05, 3.63) is 24.1 Å². The molecule has 0 radical (unpaired) electrons. The predicted molar refractivity (Wildman–Crippen MR) is 47.6 cm³/mol. The Morgan fingerprint density at radius 1 is 1.46 bits per heavy atom. The van der Waals surface area contributed by atoms with Crippen LogP contribution in [0.2, 0.25) is 0 Å². The molecule has 13 heavy (non-hydrogen) atoms. The van der Waals surface area contributed by atoms with Gasteiger partial charge in [-0.1, -0.05) is 20.8 Å². The summed E-state index contributed by atoms with van der Waals surface area (Å²) >= 11 is 0. The number of aliphatic hydroxyl groups is 1. The fourth-order valence-corrected chi connectivity index (χ4v) is 1.28. The summed E-state index contributed by atoms with van der Waals surface area (Å²) in [5, 5.41) is 9.92. The van der Waals surface area contributed by atoms with Gasteiger partial charge in [-0.15, -0.1) is 0 Å². The number of halogens is 2. The number of alkyl halides is 1. The Bertz CT molecular complexity index is 263. The van der Waals surface area contributed by atoms with E-state index in [9.17, 15) is 13.9 Å². The summed E-state index contributed by atoms with van der Waals surface area (Å²) in [5.74, 6) is -0.638. The van der Waals surface area contributed by atoms with E-state index in [0.29, 0.717) is 0 Å². The number of allylic oxidation sites excluding steroid dienone is 2. The normalized spacial score (nSPS) is 34.6. The second kappa shape index (κ2) is 2.91. The summed E-state index contributed by atoms with van der Waals surface area (Å²) in [6, 6.07) is 0. The maximum atomic E-state index is 13.4. The van der Waals surface area contributed by atoms with E-state index in [1.54, 1.807) is 20.8 Å². The van der Waals surface area contributed by atoms with Gasteiger partial charge in [-0.05, 0) is 23.6 Å². The van der Waals surface area contributed by atoms with Crippen molar-refractivity contribution in [2.75, 3.05) is 0 Å². The van der Waals surface area contributed by atoms with Gasteiger partial charge >= 0.3 is 0 Å². The van der Waals surface area contributed by atoms with E-state index in [1.807, 2.05) is 0 Å². The van der Waals surface area contributed by atoms with Gasteiger partial charge in [0, 0.05) is 0 Å². The second-order valence-corrected chi connectivity index (χ2v) is 4.36. The third kappa shape index (κ3) is 1.66. The van der Waals surface area contributed by atoms with Gasteiger partial charge in [0.1, 0.15) is 11.4 Å². The molecule has 0 spiro atoms. The molecule has 0 amide bonds. The van der Waals surface area contributed by atoms with E-state index in [4.69, 9.17) is 0 Å². The number of hydrogen-bond acceptors (Lipinski definition) is 1. The van der Waals surface area contributed by atoms with E-state index in [2.05, 4.69) is 0 Å². The first-order valence-corrected chi connectivity index (χ1v) is 4.20. The van der Waals surface area contributed by atoms with Crippen LogP contribution in [-0.4, -0.2) is 16.9 Å². The van der Waals surface area contributed by atoms with Crippen LogP contribution in [0.5, 0.6) is 0 Å². The smallest absolute Gasteiger partial charge is 0.154 e. The Kier molecular flexibility index (Phi) is 2.32. The SMILES string of the molecule is CC(C)(C)C1(O)C=CC(F)=CC1F. The van der Waals surface area contributed by atoms with Gasteiger partial charge in [0.15, 0.2) is 6.17 Å². The van der Waals surface area contributed by atoms with Crippen molar-refractivity contribution in [3.63, 3.8) is 0 Å². The maximum absolute atomic E-state index is 13.4. The quantitative estimate of drug-likeness (QED) is 0.619. The van der Waals surface area contributed by atoms with Crippen LogP contribution in [0, 0.1) is 5.41 Å². The summed E-state index contributed by atoms with van der Waals surface area (Å²) in [6.07, 6.45) is 1.40. The van der Waals surface area contributed by atoms with E-state index < -0.39 is 23.0 Å². The minimum Gasteiger partial charge on any atom is -0.382 e. The monoisotopic (exact) mass is 188 g/mol. The molecule has 3 heteroatoms. The average Bonchev–Trinajstić information content (AvgIpc) is 1.95. The van der Waals surface area contributed by atoms with Crippen molar-refractivity contribution in [2.24, 2.45) is 5.41 Å². The molecule has 2 unspecified atom stereocenters. The van der Waals surface area contributed by atoms with Crippen molar-refractivity contribution in [2.45, 2.75) is 32.5 Å². The zero-order valence-corrected chi connectivity index (χ0v) is 8.01. The molecule has 74 valence electrons. The molecular weight excluding hydrogens is 174 g/mol. The molecule has 0 heterocycles. The molecule has 0 saturated heterocycles. The van der Waals surface area contributed by atoms with E-state index in [-0.39, 0.29) is 0 Å². The Labute approximate surface area is 76.8 Å². The molecule has 1 aliphatic carbocycles. The standard InChI is InChI=1S/C10H14F2O/c1-9(2,3)10(13)5-4-7(11)6-8(10)12/h4-6,8,13H,1-3H3. The van der Waals surface area contributed by atoms with Crippen LogP contribution in [-0.2, 0) is 0 Å². The van der Waals surface area contributed by atoms with Gasteiger partial charge in [-0.25, -0.2) is 8.78 Å². The molecule has 0 aromatic rings. The van der Waals surface area contributed by atoms with Gasteiger partial charge in [0.25, 0.3) is 0 Å². The average molecular weight is 188 g/mol. The van der Waals surface area contributed by atoms with Crippen LogP contribution in [0.4, 0.5) is 8.78 Å². The Balaban J connectivity index is 3.03. The summed E-state index contributed by atoms with van der Waals surface area (Å²) < 4.78 is 25.9. The summed E-state index contributed by atoms with van der Waals surface area (Å²) in [4.78, 5) is 0. The third-order valence-corrected chi connectivity index (χ3v) is 2.42. The Morgan fingerprint density at radius 2 is 2.00 bits per heavy atom. The molecule has 1 rings (SSSR count). The minimum absolute atomic E-state index is 0.638. The molecular formula is C10H14F2O. The largest absolute Gasteiger partial charge is 0.382 e. The van der Waals surface area contributed by atoms with Crippen molar-refractivity contribution in [3.8, 4) is 0 Å². The predicted octanol–water partition coefficient (Wildman–Crippen LogP) is 2.52. The number of hydrogen-bond donors (Lipinski definition) is 1. The second-order valence-electron chi connectivity index (χ2n) is 4.36. The third-order valence-electron chi connectivity index (χ3n) is 2.42. The molecule has 0 bridgehead atoms. The highest BCUT2D eigenvalue weighted by Crippen LogP contribution is 2.39. The fourth-order valence-electron chi connectivity index (χ4n) is 1.28. The van der Waals surface area contributed by atoms with Gasteiger partial charge in [-0.3, -0.25) is 0 Å². The molecule has 0 aromatic carbocycles. The first-order chi connectivity index (χ1) is 5.77. The van der Waals surface area contributed by atoms with E-state index in [1.165, 1.54) is 6.08 Å². The number of rotatable bonds is 0. The first-order valence-electron chi connectivity index (χ1n) is 4.20. The molecule has 1 aliphatic rings. The minimum atomic E-state index is -1.68. The zero-order chi connectivity index (χ0) is 10.3. The van der Waals surface area contributed by atoms with Gasteiger partial charge < -0.3 is 5.11 Å². The van der Waals surface area contributed by atoms with Crippen molar-refractivity contribution >= 4 is 0 Å². The van der Waals surface area contributed by atoms with Crippen molar-refractivity contribution in [1.82, 2.24) is 0 Å². The van der Waals surface area contributed by atoms with Crippen LogP contribution in [0.1, 0.15) is 20.8 Å². The van der Waals surface area contributed by atoms with Crippen molar-refractivity contribution in [1.29, 1.82) is 0 Å². The highest BCUT2D eigenvalue weighted by Gasteiger charge is 2.45. The highest BCUT2D eigenvalue weighted by molar-refractivity contribution is 5.29. The lowest BCUT2D eigenvalue weighted by atomic mass is 9.72. The Hall–Kier alpha value is -0.700. The lowest BCUT2D eigenvalue weighted by Gasteiger charge is -2.40. The Morgan fingerprint density at radius 3 is 2.38 bits per heavy atom. The van der Waals surface area contributed by atoms with Crippen LogP contribution in [0.15, 0.2) is 24.1 Å². The first kappa shape index (κ1) is 10.4. The molecule has 1 N–H and O–H groups in total. The molecule has 0 aliphatic heterocycles. The maximum Gasteiger partial charge on any atom is 0.154 e. The summed E-state index contributed by atoms with van der Waals surface area (Å²) in [5.41, 5.74) is -2.26. The van der Waals surface area contributed by atoms with E-state index >= 15 is 0 Å². The zero-order valence-electron chi connectivity index (χ0n) is 8.01.